The van der Waals surface area contributed by atoms with Crippen LogP contribution in [0.4, 0.5) is 0 Å². The van der Waals surface area contributed by atoms with Crippen molar-refractivity contribution in [3.05, 3.63) is 63.0 Å². The van der Waals surface area contributed by atoms with Gasteiger partial charge in [-0.15, -0.1) is 0 Å². The minimum absolute atomic E-state index is 0.00768. The molecule has 0 amide bonds. The fraction of sp³-hybridized carbons (Fsp3) is 0.292. The predicted molar refractivity (Wildman–Crippen MR) is 113 cm³/mol. The maximum Gasteiger partial charge on any atom is 0.336 e. The lowest BCUT2D eigenvalue weighted by atomic mass is 9.83. The molecule has 1 aromatic heterocycles. The van der Waals surface area contributed by atoms with Crippen molar-refractivity contribution in [1.82, 2.24) is 0 Å². The summed E-state index contributed by atoms with van der Waals surface area (Å²) in [5.74, 6) is -1.28. The summed E-state index contributed by atoms with van der Waals surface area (Å²) in [5.41, 5.74) is 1.04. The smallest absolute Gasteiger partial charge is 0.336 e. The van der Waals surface area contributed by atoms with Gasteiger partial charge in [0.25, 0.3) is 0 Å². The van der Waals surface area contributed by atoms with E-state index in [2.05, 4.69) is 0 Å². The van der Waals surface area contributed by atoms with Gasteiger partial charge in [-0.1, -0.05) is 12.1 Å². The van der Waals surface area contributed by atoms with Gasteiger partial charge in [-0.25, -0.2) is 4.79 Å². The minimum atomic E-state index is -0.599. The number of esters is 1. The molecule has 0 fully saturated rings. The van der Waals surface area contributed by atoms with Crippen molar-refractivity contribution in [2.75, 3.05) is 0 Å². The van der Waals surface area contributed by atoms with E-state index in [9.17, 15) is 19.5 Å². The van der Waals surface area contributed by atoms with E-state index in [4.69, 9.17) is 13.9 Å². The summed E-state index contributed by atoms with van der Waals surface area (Å²) in [6.07, 6.45) is 0.00484. The Morgan fingerprint density at radius 3 is 2.48 bits per heavy atom. The van der Waals surface area contributed by atoms with Crippen LogP contribution < -0.4 is 15.1 Å². The first-order valence-corrected chi connectivity index (χ1v) is 9.98. The summed E-state index contributed by atoms with van der Waals surface area (Å²) >= 11 is 0. The molecule has 0 unspecified atom stereocenters. The maximum absolute atomic E-state index is 12.4. The Hall–Kier alpha value is -3.61. The molecule has 0 radical (unpaired) electrons. The van der Waals surface area contributed by atoms with Crippen LogP contribution in [-0.4, -0.2) is 23.0 Å². The molecular formula is C24H22O7. The van der Waals surface area contributed by atoms with E-state index in [-0.39, 0.29) is 40.6 Å². The van der Waals surface area contributed by atoms with Gasteiger partial charge in [0.2, 0.25) is 0 Å². The lowest BCUT2D eigenvalue weighted by Crippen LogP contribution is -2.23. The molecule has 7 nitrogen and oxygen atoms in total. The molecule has 0 saturated heterocycles. The fourth-order valence-electron chi connectivity index (χ4n) is 4.07. The molecule has 0 spiro atoms. The standard InChI is InChI=1S/C24H22O7/c1-11(2)29-15-7-5-14(6-8-15)16-10-18(27)31-24-20(13(4)25)22(28)19-12(3)9-17(26)30-23(19)21(16)24/h5-9,11,16,28H,10H2,1-4H3/t16-/m0/s1. The number of carbonyl (C=O) groups is 2. The highest BCUT2D eigenvalue weighted by Gasteiger charge is 2.37. The van der Waals surface area contributed by atoms with Gasteiger partial charge in [-0.05, 0) is 51.0 Å². The van der Waals surface area contributed by atoms with E-state index in [1.54, 1.807) is 19.1 Å². The summed E-state index contributed by atoms with van der Waals surface area (Å²) in [5, 5.41) is 11.1. The van der Waals surface area contributed by atoms with Crippen molar-refractivity contribution in [2.24, 2.45) is 0 Å². The van der Waals surface area contributed by atoms with Crippen LogP contribution in [0, 0.1) is 6.92 Å². The van der Waals surface area contributed by atoms with Gasteiger partial charge in [0.1, 0.15) is 22.6 Å². The Bertz CT molecular complexity index is 1270. The van der Waals surface area contributed by atoms with Gasteiger partial charge in [0.05, 0.1) is 17.9 Å². The summed E-state index contributed by atoms with van der Waals surface area (Å²) in [7, 11) is 0. The molecule has 31 heavy (non-hydrogen) atoms. The first-order chi connectivity index (χ1) is 14.7. The molecule has 0 saturated carbocycles. The minimum Gasteiger partial charge on any atom is -0.506 e. The van der Waals surface area contributed by atoms with Crippen LogP contribution in [0.2, 0.25) is 0 Å². The third kappa shape index (κ3) is 3.56. The molecule has 1 atom stereocenters. The third-order valence-corrected chi connectivity index (χ3v) is 5.29. The second-order valence-electron chi connectivity index (χ2n) is 7.94. The predicted octanol–water partition coefficient (Wildman–Crippen LogP) is 4.24. The van der Waals surface area contributed by atoms with Crippen LogP contribution in [0.3, 0.4) is 0 Å². The number of ketones is 1. The van der Waals surface area contributed by atoms with E-state index in [1.807, 2.05) is 26.0 Å². The highest BCUT2D eigenvalue weighted by Crippen LogP contribution is 2.49. The van der Waals surface area contributed by atoms with Gasteiger partial charge >= 0.3 is 11.6 Å². The summed E-state index contributed by atoms with van der Waals surface area (Å²) < 4.78 is 16.6. The van der Waals surface area contributed by atoms with Gasteiger partial charge in [0, 0.05) is 17.5 Å². The van der Waals surface area contributed by atoms with Gasteiger partial charge in [0.15, 0.2) is 11.5 Å². The van der Waals surface area contributed by atoms with E-state index in [0.29, 0.717) is 16.9 Å². The number of hydrogen-bond donors (Lipinski definition) is 1. The molecule has 1 aliphatic rings. The van der Waals surface area contributed by atoms with Crippen LogP contribution in [0.15, 0.2) is 39.5 Å². The average molecular weight is 422 g/mol. The molecule has 4 rings (SSSR count). The number of hydrogen-bond acceptors (Lipinski definition) is 7. The molecule has 0 bridgehead atoms. The highest BCUT2D eigenvalue weighted by molar-refractivity contribution is 6.09. The number of fused-ring (bicyclic) bond motifs is 3. The van der Waals surface area contributed by atoms with Crippen molar-refractivity contribution in [1.29, 1.82) is 0 Å². The van der Waals surface area contributed by atoms with Gasteiger partial charge in [-0.2, -0.15) is 0 Å². The number of Topliss-reactive ketones (excluding diaryl/α,β-unsaturated/α-hetero) is 1. The topological polar surface area (TPSA) is 103 Å². The van der Waals surface area contributed by atoms with Crippen molar-refractivity contribution in [3.8, 4) is 17.2 Å². The molecule has 0 aliphatic carbocycles. The maximum atomic E-state index is 12.4. The van der Waals surface area contributed by atoms with Crippen LogP contribution in [0.5, 0.6) is 17.2 Å². The van der Waals surface area contributed by atoms with Crippen molar-refractivity contribution in [2.45, 2.75) is 46.1 Å². The molecule has 1 aliphatic heterocycles. The first-order valence-electron chi connectivity index (χ1n) is 9.98. The zero-order valence-corrected chi connectivity index (χ0v) is 17.6. The molecule has 2 aromatic carbocycles. The third-order valence-electron chi connectivity index (χ3n) is 5.29. The number of carbonyl (C=O) groups excluding carboxylic acids is 2. The number of phenols is 1. The van der Waals surface area contributed by atoms with Crippen LogP contribution >= 0.6 is 0 Å². The SMILES string of the molecule is CC(=O)c1c2c(c3oc(=O)cc(C)c3c1O)[C@H](c1ccc(OC(C)C)cc1)CC(=O)O2. The monoisotopic (exact) mass is 422 g/mol. The molecule has 1 N–H and O–H groups in total. The number of aryl methyl sites for hydroxylation is 1. The second-order valence-corrected chi connectivity index (χ2v) is 7.94. The Morgan fingerprint density at radius 2 is 1.87 bits per heavy atom. The van der Waals surface area contributed by atoms with E-state index in [1.165, 1.54) is 13.0 Å². The lowest BCUT2D eigenvalue weighted by Gasteiger charge is -2.28. The quantitative estimate of drug-likeness (QED) is 0.290. The van der Waals surface area contributed by atoms with Crippen LogP contribution in [0.1, 0.15) is 60.2 Å². The summed E-state index contributed by atoms with van der Waals surface area (Å²) in [4.78, 5) is 37.0. The lowest BCUT2D eigenvalue weighted by molar-refractivity contribution is -0.135. The Morgan fingerprint density at radius 1 is 1.19 bits per heavy atom. The zero-order valence-electron chi connectivity index (χ0n) is 17.6. The number of benzene rings is 2. The van der Waals surface area contributed by atoms with E-state index < -0.39 is 23.3 Å². The number of aromatic hydroxyl groups is 1. The highest BCUT2D eigenvalue weighted by atomic mass is 16.5. The van der Waals surface area contributed by atoms with Crippen molar-refractivity contribution >= 4 is 22.7 Å². The summed E-state index contributed by atoms with van der Waals surface area (Å²) in [6, 6.07) is 8.49. The number of ether oxygens (including phenoxy) is 2. The van der Waals surface area contributed by atoms with Crippen LogP contribution in [-0.2, 0) is 4.79 Å². The Balaban J connectivity index is 2.02. The van der Waals surface area contributed by atoms with Crippen molar-refractivity contribution in [3.63, 3.8) is 0 Å². The van der Waals surface area contributed by atoms with Crippen LogP contribution in [0.25, 0.3) is 11.0 Å². The second kappa shape index (κ2) is 7.58. The van der Waals surface area contributed by atoms with Crippen molar-refractivity contribution < 1.29 is 28.6 Å². The summed E-state index contributed by atoms with van der Waals surface area (Å²) in [6.45, 7) is 6.78. The Labute approximate surface area is 178 Å². The largest absolute Gasteiger partial charge is 0.506 e. The van der Waals surface area contributed by atoms with Gasteiger partial charge in [-0.3, -0.25) is 9.59 Å². The van der Waals surface area contributed by atoms with E-state index in [0.717, 1.165) is 5.56 Å². The molecule has 3 aromatic rings. The molecule has 7 heteroatoms. The Kier molecular flexibility index (Phi) is 5.05. The average Bonchev–Trinajstić information content (AvgIpc) is 2.66. The normalized spacial score (nSPS) is 15.6. The molecule has 160 valence electrons. The zero-order chi connectivity index (χ0) is 22.4. The fourth-order valence-corrected chi connectivity index (χ4v) is 4.07. The molecular weight excluding hydrogens is 400 g/mol. The van der Waals surface area contributed by atoms with Gasteiger partial charge < -0.3 is 19.0 Å². The first kappa shape index (κ1) is 20.7. The number of rotatable bonds is 4. The molecule has 2 heterocycles. The number of phenolic OH excluding ortho intramolecular Hbond substituents is 1. The van der Waals surface area contributed by atoms with E-state index >= 15 is 0 Å².